The highest BCUT2D eigenvalue weighted by Gasteiger charge is 2.34. The van der Waals surface area contributed by atoms with E-state index in [0.29, 0.717) is 44.2 Å². The molecule has 2 aromatic rings. The highest BCUT2D eigenvalue weighted by atomic mass is 19.1. The SMILES string of the molecule is O=C(CN1CCN(c2ccc(F)cc2)C1=O)N1CCC(Oc2cnccn2)C1. The number of nitrogens with zero attached hydrogens (tertiary/aromatic N) is 5. The number of hydrogen-bond donors (Lipinski definition) is 0. The van der Waals surface area contributed by atoms with Crippen molar-refractivity contribution in [3.63, 3.8) is 0 Å². The van der Waals surface area contributed by atoms with E-state index < -0.39 is 0 Å². The molecule has 0 saturated carbocycles. The minimum atomic E-state index is -0.352. The fourth-order valence-electron chi connectivity index (χ4n) is 3.42. The molecule has 0 spiro atoms. The molecule has 28 heavy (non-hydrogen) atoms. The van der Waals surface area contributed by atoms with Crippen LogP contribution in [0.2, 0.25) is 0 Å². The maximum absolute atomic E-state index is 13.1. The summed E-state index contributed by atoms with van der Waals surface area (Å²) in [5.74, 6) is -0.0271. The summed E-state index contributed by atoms with van der Waals surface area (Å²) in [5.41, 5.74) is 0.625. The summed E-state index contributed by atoms with van der Waals surface area (Å²) < 4.78 is 18.8. The third-order valence-corrected chi connectivity index (χ3v) is 4.88. The van der Waals surface area contributed by atoms with Crippen molar-refractivity contribution in [1.82, 2.24) is 19.8 Å². The second-order valence-electron chi connectivity index (χ2n) is 6.74. The van der Waals surface area contributed by atoms with Crippen LogP contribution in [-0.4, -0.2) is 70.5 Å². The number of aromatic nitrogens is 2. The molecule has 146 valence electrons. The molecule has 0 aliphatic carbocycles. The van der Waals surface area contributed by atoms with Crippen LogP contribution in [-0.2, 0) is 4.79 Å². The summed E-state index contributed by atoms with van der Waals surface area (Å²) in [4.78, 5) is 38.0. The van der Waals surface area contributed by atoms with E-state index in [4.69, 9.17) is 4.74 Å². The minimum absolute atomic E-state index is 0.0222. The maximum atomic E-state index is 13.1. The molecule has 0 radical (unpaired) electrons. The van der Waals surface area contributed by atoms with Crippen LogP contribution in [0, 0.1) is 5.82 Å². The Morgan fingerprint density at radius 2 is 2.00 bits per heavy atom. The molecule has 8 nitrogen and oxygen atoms in total. The van der Waals surface area contributed by atoms with Crippen molar-refractivity contribution in [3.05, 3.63) is 48.7 Å². The first-order valence-electron chi connectivity index (χ1n) is 9.12. The van der Waals surface area contributed by atoms with Gasteiger partial charge >= 0.3 is 6.03 Å². The molecule has 1 aromatic carbocycles. The zero-order valence-corrected chi connectivity index (χ0v) is 15.2. The molecule has 9 heteroatoms. The second-order valence-corrected chi connectivity index (χ2v) is 6.74. The van der Waals surface area contributed by atoms with E-state index in [-0.39, 0.29) is 30.4 Å². The molecule has 3 heterocycles. The Bertz CT molecular complexity index is 848. The Labute approximate surface area is 161 Å². The van der Waals surface area contributed by atoms with Gasteiger partial charge in [0.15, 0.2) is 0 Å². The van der Waals surface area contributed by atoms with Gasteiger partial charge < -0.3 is 14.5 Å². The fourth-order valence-corrected chi connectivity index (χ4v) is 3.42. The van der Waals surface area contributed by atoms with E-state index in [1.54, 1.807) is 34.3 Å². The number of likely N-dealkylation sites (tertiary alicyclic amines) is 1. The van der Waals surface area contributed by atoms with Crippen molar-refractivity contribution in [2.45, 2.75) is 12.5 Å². The van der Waals surface area contributed by atoms with Crippen LogP contribution in [0.15, 0.2) is 42.9 Å². The molecule has 1 unspecified atom stereocenters. The highest BCUT2D eigenvalue weighted by molar-refractivity contribution is 5.96. The number of rotatable bonds is 5. The predicted octanol–water partition coefficient (Wildman–Crippen LogP) is 1.54. The molecule has 2 aliphatic heterocycles. The maximum Gasteiger partial charge on any atom is 0.325 e. The summed E-state index contributed by atoms with van der Waals surface area (Å²) in [6, 6.07) is 5.52. The molecule has 0 N–H and O–H groups in total. The van der Waals surface area contributed by atoms with Gasteiger partial charge in [-0.05, 0) is 24.3 Å². The number of hydrogen-bond acceptors (Lipinski definition) is 5. The van der Waals surface area contributed by atoms with E-state index in [9.17, 15) is 14.0 Å². The first-order valence-corrected chi connectivity index (χ1v) is 9.12. The topological polar surface area (TPSA) is 78.9 Å². The average molecular weight is 385 g/mol. The van der Waals surface area contributed by atoms with Crippen LogP contribution < -0.4 is 9.64 Å². The van der Waals surface area contributed by atoms with Crippen LogP contribution in [0.25, 0.3) is 0 Å². The molecule has 2 fully saturated rings. The van der Waals surface area contributed by atoms with Gasteiger partial charge in [-0.3, -0.25) is 14.7 Å². The zero-order valence-electron chi connectivity index (χ0n) is 15.2. The number of benzene rings is 1. The third kappa shape index (κ3) is 3.88. The molecular weight excluding hydrogens is 365 g/mol. The lowest BCUT2D eigenvalue weighted by Crippen LogP contribution is -2.42. The van der Waals surface area contributed by atoms with Gasteiger partial charge in [0.25, 0.3) is 0 Å². The van der Waals surface area contributed by atoms with Gasteiger partial charge in [-0.25, -0.2) is 14.2 Å². The lowest BCUT2D eigenvalue weighted by molar-refractivity contribution is -0.130. The number of carbonyl (C=O) groups is 2. The van der Waals surface area contributed by atoms with Crippen molar-refractivity contribution in [2.24, 2.45) is 0 Å². The fraction of sp³-hybridized carbons (Fsp3) is 0.368. The second kappa shape index (κ2) is 7.79. The molecule has 1 atom stereocenters. The van der Waals surface area contributed by atoms with Gasteiger partial charge in [0.1, 0.15) is 18.5 Å². The summed E-state index contributed by atoms with van der Waals surface area (Å²) in [7, 11) is 0. The van der Waals surface area contributed by atoms with Crippen LogP contribution in [0.1, 0.15) is 6.42 Å². The van der Waals surface area contributed by atoms with Gasteiger partial charge in [-0.15, -0.1) is 0 Å². The lowest BCUT2D eigenvalue weighted by Gasteiger charge is -2.22. The zero-order chi connectivity index (χ0) is 19.5. The summed E-state index contributed by atoms with van der Waals surface area (Å²) in [6.45, 7) is 1.98. The number of halogens is 1. The largest absolute Gasteiger partial charge is 0.471 e. The number of urea groups is 1. The smallest absolute Gasteiger partial charge is 0.325 e. The summed E-state index contributed by atoms with van der Waals surface area (Å²) >= 11 is 0. The number of anilines is 1. The molecule has 1 aromatic heterocycles. The molecule has 2 saturated heterocycles. The number of amides is 3. The summed E-state index contributed by atoms with van der Waals surface area (Å²) in [6.07, 6.45) is 5.24. The predicted molar refractivity (Wildman–Crippen MR) is 98.4 cm³/mol. The van der Waals surface area contributed by atoms with E-state index in [0.717, 1.165) is 0 Å². The van der Waals surface area contributed by atoms with Crippen LogP contribution in [0.5, 0.6) is 5.88 Å². The standard InChI is InChI=1S/C19H20FN5O3/c20-14-1-3-15(4-2-14)25-10-9-24(19(25)27)13-18(26)23-8-5-16(12-23)28-17-11-21-6-7-22-17/h1-4,6-7,11,16H,5,8-10,12-13H2. The van der Waals surface area contributed by atoms with E-state index in [2.05, 4.69) is 9.97 Å². The molecule has 3 amide bonds. The highest BCUT2D eigenvalue weighted by Crippen LogP contribution is 2.21. The van der Waals surface area contributed by atoms with E-state index in [1.807, 2.05) is 0 Å². The average Bonchev–Trinajstić information content (AvgIpc) is 3.31. The number of ether oxygens (including phenoxy) is 1. The first-order chi connectivity index (χ1) is 13.6. The number of carbonyl (C=O) groups excluding carboxylic acids is 2. The van der Waals surface area contributed by atoms with Gasteiger partial charge in [-0.2, -0.15) is 0 Å². The third-order valence-electron chi connectivity index (χ3n) is 4.88. The molecular formula is C19H20FN5O3. The van der Waals surface area contributed by atoms with Crippen LogP contribution in [0.4, 0.5) is 14.9 Å². The van der Waals surface area contributed by atoms with Crippen molar-refractivity contribution in [1.29, 1.82) is 0 Å². The van der Waals surface area contributed by atoms with Gasteiger partial charge in [-0.1, -0.05) is 0 Å². The van der Waals surface area contributed by atoms with Gasteiger partial charge in [0.2, 0.25) is 11.8 Å². The molecule has 2 aliphatic rings. The van der Waals surface area contributed by atoms with E-state index in [1.165, 1.54) is 23.2 Å². The van der Waals surface area contributed by atoms with Gasteiger partial charge in [0.05, 0.1) is 12.7 Å². The normalized spacial score (nSPS) is 19.4. The van der Waals surface area contributed by atoms with E-state index >= 15 is 0 Å². The minimum Gasteiger partial charge on any atom is -0.471 e. The van der Waals surface area contributed by atoms with Crippen LogP contribution in [0.3, 0.4) is 0 Å². The van der Waals surface area contributed by atoms with Crippen molar-refractivity contribution >= 4 is 17.6 Å². The molecule has 4 rings (SSSR count). The first kappa shape index (κ1) is 18.1. The van der Waals surface area contributed by atoms with Crippen molar-refractivity contribution in [2.75, 3.05) is 37.6 Å². The summed E-state index contributed by atoms with van der Waals surface area (Å²) in [5, 5.41) is 0. The van der Waals surface area contributed by atoms with Crippen molar-refractivity contribution in [3.8, 4) is 5.88 Å². The molecule has 0 bridgehead atoms. The lowest BCUT2D eigenvalue weighted by atomic mass is 10.3. The Morgan fingerprint density at radius 3 is 2.75 bits per heavy atom. The van der Waals surface area contributed by atoms with Crippen molar-refractivity contribution < 1.29 is 18.7 Å². The van der Waals surface area contributed by atoms with Gasteiger partial charge in [0, 0.05) is 44.1 Å². The Balaban J connectivity index is 1.30. The monoisotopic (exact) mass is 385 g/mol. The quantitative estimate of drug-likeness (QED) is 0.780. The Kier molecular flexibility index (Phi) is 5.05. The Hall–Kier alpha value is -3.23. The Morgan fingerprint density at radius 1 is 1.18 bits per heavy atom. The van der Waals surface area contributed by atoms with Crippen LogP contribution >= 0.6 is 0 Å².